The van der Waals surface area contributed by atoms with Gasteiger partial charge in [0.2, 0.25) is 0 Å². The molecule has 1 amide bonds. The average Bonchev–Trinajstić information content (AvgIpc) is 2.57. The number of ether oxygens (including phenoxy) is 1. The Morgan fingerprint density at radius 1 is 1.19 bits per heavy atom. The van der Waals surface area contributed by atoms with Gasteiger partial charge in [0.1, 0.15) is 11.4 Å². The third kappa shape index (κ3) is 8.52. The lowest BCUT2D eigenvalue weighted by Crippen LogP contribution is -2.28. The largest absolute Gasteiger partial charge is 0.484 e. The van der Waals surface area contributed by atoms with E-state index >= 15 is 0 Å². The molecule has 148 valence electrons. The highest BCUT2D eigenvalue weighted by molar-refractivity contribution is 5.77. The van der Waals surface area contributed by atoms with Crippen molar-refractivity contribution in [2.75, 3.05) is 13.2 Å². The Labute approximate surface area is 155 Å². The fourth-order valence-corrected chi connectivity index (χ4v) is 1.89. The van der Waals surface area contributed by atoms with E-state index in [1.807, 2.05) is 0 Å². The monoisotopic (exact) mass is 386 g/mol. The van der Waals surface area contributed by atoms with E-state index in [1.54, 1.807) is 0 Å². The number of carbonyl (C=O) groups is 1. The Bertz CT molecular complexity index is 700. The molecule has 0 saturated heterocycles. The topological polar surface area (TPSA) is 50.7 Å². The van der Waals surface area contributed by atoms with E-state index in [0.29, 0.717) is 0 Å². The summed E-state index contributed by atoms with van der Waals surface area (Å²) in [5, 5.41) is 2.51. The Balaban J connectivity index is 2.43. The van der Waals surface area contributed by atoms with E-state index in [0.717, 1.165) is 19.9 Å². The highest BCUT2D eigenvalue weighted by Gasteiger charge is 2.26. The van der Waals surface area contributed by atoms with E-state index in [4.69, 9.17) is 4.74 Å². The van der Waals surface area contributed by atoms with Crippen LogP contribution in [0.15, 0.2) is 53.2 Å². The molecule has 0 aliphatic carbocycles. The second-order valence-electron chi connectivity index (χ2n) is 5.76. The number of benzene rings is 1. The minimum atomic E-state index is -3.06. The molecular formula is C19H22F4N2O2. The summed E-state index contributed by atoms with van der Waals surface area (Å²) in [5.41, 5.74) is -0.543. The molecule has 0 atom stereocenters. The van der Waals surface area contributed by atoms with Gasteiger partial charge in [-0.2, -0.15) is 8.78 Å². The number of hydrogen-bond donors (Lipinski definition) is 1. The molecule has 0 heterocycles. The normalized spacial score (nSPS) is 13.4. The van der Waals surface area contributed by atoms with Gasteiger partial charge in [0.05, 0.1) is 0 Å². The first-order valence-corrected chi connectivity index (χ1v) is 8.15. The number of alkyl halides is 4. The second-order valence-corrected chi connectivity index (χ2v) is 5.76. The van der Waals surface area contributed by atoms with Gasteiger partial charge in [0.25, 0.3) is 17.8 Å². The second kappa shape index (κ2) is 9.89. The maximum atomic E-state index is 13.2. The zero-order valence-electron chi connectivity index (χ0n) is 15.3. The molecule has 1 N–H and O–H groups in total. The zero-order valence-corrected chi connectivity index (χ0v) is 15.3. The fourth-order valence-electron chi connectivity index (χ4n) is 1.89. The number of nitrogens with one attached hydrogen (secondary N) is 1. The molecule has 1 aromatic carbocycles. The smallest absolute Gasteiger partial charge is 0.286 e. The van der Waals surface area contributed by atoms with Gasteiger partial charge in [0.15, 0.2) is 6.61 Å². The number of nitrogens with zero attached hydrogens (tertiary/aromatic N) is 1. The molecule has 0 aliphatic heterocycles. The number of carbonyl (C=O) groups excluding carboxylic acids is 1. The molecule has 0 aliphatic rings. The van der Waals surface area contributed by atoms with Crippen LogP contribution in [-0.4, -0.2) is 31.2 Å². The van der Waals surface area contributed by atoms with Gasteiger partial charge in [-0.1, -0.05) is 12.2 Å². The molecule has 1 aromatic rings. The molecule has 27 heavy (non-hydrogen) atoms. The third-order valence-corrected chi connectivity index (χ3v) is 3.26. The summed E-state index contributed by atoms with van der Waals surface area (Å²) in [5.74, 6) is -6.17. The average molecular weight is 386 g/mol. The van der Waals surface area contributed by atoms with Crippen molar-refractivity contribution in [3.8, 4) is 5.75 Å². The van der Waals surface area contributed by atoms with Gasteiger partial charge in [-0.3, -0.25) is 9.79 Å². The molecule has 0 radical (unpaired) electrons. The summed E-state index contributed by atoms with van der Waals surface area (Å²) in [6, 6.07) is 5.15. The molecule has 0 spiro atoms. The van der Waals surface area contributed by atoms with Gasteiger partial charge in [0, 0.05) is 32.2 Å². The fraction of sp³-hybridized carbons (Fsp3) is 0.368. The predicted molar refractivity (Wildman–Crippen MR) is 96.5 cm³/mol. The molecule has 4 nitrogen and oxygen atoms in total. The lowest BCUT2D eigenvalue weighted by Gasteiger charge is -2.11. The van der Waals surface area contributed by atoms with Crippen molar-refractivity contribution in [2.45, 2.75) is 32.6 Å². The molecule has 8 heteroatoms. The standard InChI is InChI=1S/C19H22F4N2O2/c1-4-24-16(19(3,22)23)7-5-6-12-25-17(26)13-27-15-10-8-14(9-11-15)18(2,20)21/h4-11H,12-13H2,1-3H3,(H,25,26)/b6-5+,16-7-,24-4-. The van der Waals surface area contributed by atoms with Crippen LogP contribution in [-0.2, 0) is 10.7 Å². The van der Waals surface area contributed by atoms with Crippen LogP contribution in [0.4, 0.5) is 17.6 Å². The predicted octanol–water partition coefficient (Wildman–Crippen LogP) is 4.48. The third-order valence-electron chi connectivity index (χ3n) is 3.26. The molecule has 0 fully saturated rings. The summed E-state index contributed by atoms with van der Waals surface area (Å²) in [6.45, 7) is 2.87. The van der Waals surface area contributed by atoms with Crippen molar-refractivity contribution in [1.29, 1.82) is 0 Å². The number of aliphatic imine (C=N–C) groups is 1. The first-order valence-electron chi connectivity index (χ1n) is 8.15. The lowest BCUT2D eigenvalue weighted by molar-refractivity contribution is -0.122. The van der Waals surface area contributed by atoms with Gasteiger partial charge >= 0.3 is 0 Å². The summed E-state index contributed by atoms with van der Waals surface area (Å²) >= 11 is 0. The minimum Gasteiger partial charge on any atom is -0.484 e. The van der Waals surface area contributed by atoms with Crippen LogP contribution in [0.3, 0.4) is 0 Å². The van der Waals surface area contributed by atoms with Crippen LogP contribution in [0.5, 0.6) is 5.75 Å². The number of hydrogen-bond acceptors (Lipinski definition) is 3. The Kier molecular flexibility index (Phi) is 8.21. The van der Waals surface area contributed by atoms with Gasteiger partial charge in [-0.15, -0.1) is 0 Å². The number of amides is 1. The van der Waals surface area contributed by atoms with Crippen LogP contribution in [0.1, 0.15) is 26.3 Å². The number of rotatable bonds is 9. The van der Waals surface area contributed by atoms with Crippen LogP contribution >= 0.6 is 0 Å². The summed E-state index contributed by atoms with van der Waals surface area (Å²) in [7, 11) is 0. The van der Waals surface area contributed by atoms with Crippen LogP contribution < -0.4 is 10.1 Å². The van der Waals surface area contributed by atoms with E-state index < -0.39 is 23.4 Å². The lowest BCUT2D eigenvalue weighted by atomic mass is 10.1. The molecule has 0 unspecified atom stereocenters. The van der Waals surface area contributed by atoms with Gasteiger partial charge in [-0.25, -0.2) is 8.78 Å². The molecular weight excluding hydrogens is 364 g/mol. The van der Waals surface area contributed by atoms with E-state index in [1.165, 1.54) is 49.6 Å². The van der Waals surface area contributed by atoms with Crippen LogP contribution in [0, 0.1) is 0 Å². The van der Waals surface area contributed by atoms with Gasteiger partial charge < -0.3 is 10.1 Å². The summed E-state index contributed by atoms with van der Waals surface area (Å²) in [4.78, 5) is 15.2. The van der Waals surface area contributed by atoms with E-state index in [-0.39, 0.29) is 24.5 Å². The van der Waals surface area contributed by atoms with Crippen molar-refractivity contribution >= 4 is 12.1 Å². The van der Waals surface area contributed by atoms with Crippen molar-refractivity contribution in [1.82, 2.24) is 5.32 Å². The molecule has 0 aromatic heterocycles. The van der Waals surface area contributed by atoms with E-state index in [2.05, 4.69) is 10.3 Å². The zero-order chi connectivity index (χ0) is 20.5. The first-order chi connectivity index (χ1) is 12.5. The van der Waals surface area contributed by atoms with Crippen molar-refractivity contribution < 1.29 is 27.1 Å². The molecule has 0 bridgehead atoms. The Hall–Kier alpha value is -2.64. The number of allylic oxidation sites excluding steroid dienone is 3. The molecule has 0 saturated carbocycles. The molecule has 1 rings (SSSR count). The van der Waals surface area contributed by atoms with Crippen LogP contribution in [0.25, 0.3) is 0 Å². The first kappa shape index (κ1) is 22.4. The summed E-state index contributed by atoms with van der Waals surface area (Å²) < 4.78 is 57.8. The minimum absolute atomic E-state index is 0.109. The number of halogens is 4. The maximum Gasteiger partial charge on any atom is 0.286 e. The Morgan fingerprint density at radius 2 is 1.81 bits per heavy atom. The van der Waals surface area contributed by atoms with Crippen LogP contribution in [0.2, 0.25) is 0 Å². The maximum absolute atomic E-state index is 13.2. The highest BCUT2D eigenvalue weighted by Crippen LogP contribution is 2.28. The van der Waals surface area contributed by atoms with E-state index in [9.17, 15) is 22.4 Å². The highest BCUT2D eigenvalue weighted by atomic mass is 19.3. The van der Waals surface area contributed by atoms with Gasteiger partial charge in [-0.05, 0) is 37.3 Å². The summed E-state index contributed by atoms with van der Waals surface area (Å²) in [6.07, 6.45) is 5.27. The Morgan fingerprint density at radius 3 is 2.33 bits per heavy atom. The SMILES string of the molecule is C\C=N/C(=C\C=C\CNC(=O)COc1ccc(C(C)(F)F)cc1)C(C)(F)F. The van der Waals surface area contributed by atoms with Crippen molar-refractivity contribution in [3.63, 3.8) is 0 Å². The van der Waals surface area contributed by atoms with Crippen molar-refractivity contribution in [2.24, 2.45) is 4.99 Å². The quantitative estimate of drug-likeness (QED) is 0.387. The van der Waals surface area contributed by atoms with Crippen molar-refractivity contribution in [3.05, 3.63) is 53.8 Å².